The molecule has 148 valence electrons. The summed E-state index contributed by atoms with van der Waals surface area (Å²) in [7, 11) is 0. The van der Waals surface area contributed by atoms with Gasteiger partial charge in [0.05, 0.1) is 5.41 Å². The number of nitrogens with one attached hydrogen (secondary N) is 1. The first-order chi connectivity index (χ1) is 13.5. The van der Waals surface area contributed by atoms with Gasteiger partial charge in [-0.3, -0.25) is 4.79 Å². The van der Waals surface area contributed by atoms with Crippen molar-refractivity contribution < 1.29 is 13.6 Å². The standard InChI is InChI=1S/C22H25F2N3O/c1-15-3-6-20(25-14-15)27-11-7-17(8-12-27)26-21(28)22(9-2-10-22)18-5-4-16(23)13-19(18)24/h3-6,13-14,17H,2,7-12H2,1H3,(H,26,28). The van der Waals surface area contributed by atoms with Crippen molar-refractivity contribution in [2.45, 2.75) is 50.5 Å². The molecule has 0 unspecified atom stereocenters. The first-order valence-corrected chi connectivity index (χ1v) is 9.92. The van der Waals surface area contributed by atoms with Crippen LogP contribution in [0.1, 0.15) is 43.2 Å². The average molecular weight is 385 g/mol. The van der Waals surface area contributed by atoms with Crippen LogP contribution in [0.2, 0.25) is 0 Å². The first kappa shape index (κ1) is 18.8. The largest absolute Gasteiger partial charge is 0.356 e. The van der Waals surface area contributed by atoms with Crippen LogP contribution in [0.5, 0.6) is 0 Å². The lowest BCUT2D eigenvalue weighted by molar-refractivity contribution is -0.131. The Morgan fingerprint density at radius 2 is 1.93 bits per heavy atom. The summed E-state index contributed by atoms with van der Waals surface area (Å²) in [6.45, 7) is 3.65. The molecule has 1 aliphatic carbocycles. The normalized spacial score (nSPS) is 19.2. The molecule has 1 N–H and O–H groups in total. The third-order valence-corrected chi connectivity index (χ3v) is 6.14. The number of halogens is 2. The molecule has 0 atom stereocenters. The van der Waals surface area contributed by atoms with Crippen molar-refractivity contribution in [3.05, 3.63) is 59.3 Å². The number of nitrogens with zero attached hydrogens (tertiary/aromatic N) is 2. The van der Waals surface area contributed by atoms with E-state index in [4.69, 9.17) is 0 Å². The Morgan fingerprint density at radius 1 is 1.18 bits per heavy atom. The lowest BCUT2D eigenvalue weighted by Gasteiger charge is -2.42. The quantitative estimate of drug-likeness (QED) is 0.869. The Bertz CT molecular complexity index is 857. The number of aromatic nitrogens is 1. The Kier molecular flexibility index (Phi) is 5.04. The predicted octanol–water partition coefficient (Wildman–Crippen LogP) is 3.88. The number of pyridine rings is 1. The second-order valence-electron chi connectivity index (χ2n) is 7.99. The van der Waals surface area contributed by atoms with Crippen molar-refractivity contribution in [1.82, 2.24) is 10.3 Å². The van der Waals surface area contributed by atoms with E-state index in [1.807, 2.05) is 25.3 Å². The van der Waals surface area contributed by atoms with Gasteiger partial charge in [-0.15, -0.1) is 0 Å². The Labute approximate surface area is 164 Å². The van der Waals surface area contributed by atoms with Crippen LogP contribution in [0.3, 0.4) is 0 Å². The van der Waals surface area contributed by atoms with Crippen LogP contribution in [-0.2, 0) is 10.2 Å². The van der Waals surface area contributed by atoms with Gasteiger partial charge in [0.25, 0.3) is 0 Å². The molecular formula is C22H25F2N3O. The van der Waals surface area contributed by atoms with Crippen LogP contribution in [-0.4, -0.2) is 30.0 Å². The van der Waals surface area contributed by atoms with Crippen molar-refractivity contribution in [3.63, 3.8) is 0 Å². The van der Waals surface area contributed by atoms with Crippen molar-refractivity contribution >= 4 is 11.7 Å². The van der Waals surface area contributed by atoms with Gasteiger partial charge in [0.2, 0.25) is 5.91 Å². The van der Waals surface area contributed by atoms with Gasteiger partial charge in [-0.2, -0.15) is 0 Å². The molecule has 4 nitrogen and oxygen atoms in total. The number of amides is 1. The molecule has 0 spiro atoms. The van der Waals surface area contributed by atoms with Gasteiger partial charge in [0.15, 0.2) is 0 Å². The van der Waals surface area contributed by atoms with Gasteiger partial charge in [0, 0.05) is 37.0 Å². The summed E-state index contributed by atoms with van der Waals surface area (Å²) in [5, 5.41) is 3.14. The lowest BCUT2D eigenvalue weighted by Crippen LogP contribution is -2.54. The zero-order chi connectivity index (χ0) is 19.7. The molecule has 28 heavy (non-hydrogen) atoms. The molecule has 1 aliphatic heterocycles. The monoisotopic (exact) mass is 385 g/mol. The number of rotatable bonds is 4. The summed E-state index contributed by atoms with van der Waals surface area (Å²) in [5.41, 5.74) is 0.594. The number of hydrogen-bond acceptors (Lipinski definition) is 3. The smallest absolute Gasteiger partial charge is 0.230 e. The van der Waals surface area contributed by atoms with E-state index in [-0.39, 0.29) is 11.9 Å². The summed E-state index contributed by atoms with van der Waals surface area (Å²) >= 11 is 0. The fourth-order valence-corrected chi connectivity index (χ4v) is 4.25. The minimum absolute atomic E-state index is 0.0650. The maximum atomic E-state index is 14.3. The lowest BCUT2D eigenvalue weighted by atomic mass is 9.63. The molecule has 1 aromatic carbocycles. The second-order valence-corrected chi connectivity index (χ2v) is 7.99. The summed E-state index contributed by atoms with van der Waals surface area (Å²) in [6.07, 6.45) is 5.59. The highest BCUT2D eigenvalue weighted by Gasteiger charge is 2.47. The zero-order valence-electron chi connectivity index (χ0n) is 16.0. The Morgan fingerprint density at radius 3 is 2.50 bits per heavy atom. The molecule has 2 heterocycles. The molecule has 1 saturated heterocycles. The van der Waals surface area contributed by atoms with Crippen LogP contribution in [0.25, 0.3) is 0 Å². The SMILES string of the molecule is Cc1ccc(N2CCC(NC(=O)C3(c4ccc(F)cc4F)CCC3)CC2)nc1. The minimum atomic E-state index is -0.854. The fourth-order valence-electron chi connectivity index (χ4n) is 4.25. The molecule has 2 aliphatic rings. The molecule has 0 bridgehead atoms. The van der Waals surface area contributed by atoms with Crippen LogP contribution in [0, 0.1) is 18.6 Å². The van der Waals surface area contributed by atoms with Gasteiger partial charge in [0.1, 0.15) is 17.5 Å². The molecule has 1 amide bonds. The molecule has 2 fully saturated rings. The van der Waals surface area contributed by atoms with Crippen LogP contribution < -0.4 is 10.2 Å². The summed E-state index contributed by atoms with van der Waals surface area (Å²) < 4.78 is 27.6. The Hall–Kier alpha value is -2.50. The number of hydrogen-bond donors (Lipinski definition) is 1. The second kappa shape index (κ2) is 7.49. The maximum Gasteiger partial charge on any atom is 0.230 e. The van der Waals surface area contributed by atoms with E-state index in [0.717, 1.165) is 49.8 Å². The Balaban J connectivity index is 1.40. The van der Waals surface area contributed by atoms with Crippen LogP contribution in [0.15, 0.2) is 36.5 Å². The van der Waals surface area contributed by atoms with Crippen LogP contribution in [0.4, 0.5) is 14.6 Å². The average Bonchev–Trinajstić information content (AvgIpc) is 2.64. The first-order valence-electron chi connectivity index (χ1n) is 9.92. The van der Waals surface area contributed by atoms with Gasteiger partial charge in [-0.25, -0.2) is 13.8 Å². The number of anilines is 1. The highest BCUT2D eigenvalue weighted by molar-refractivity contribution is 5.89. The van der Waals surface area contributed by atoms with Gasteiger partial charge >= 0.3 is 0 Å². The summed E-state index contributed by atoms with van der Waals surface area (Å²) in [5.74, 6) is -0.418. The summed E-state index contributed by atoms with van der Waals surface area (Å²) in [4.78, 5) is 19.7. The zero-order valence-corrected chi connectivity index (χ0v) is 16.0. The highest BCUT2D eigenvalue weighted by atomic mass is 19.1. The third kappa shape index (κ3) is 3.48. The minimum Gasteiger partial charge on any atom is -0.356 e. The molecule has 4 rings (SSSR count). The predicted molar refractivity (Wildman–Crippen MR) is 104 cm³/mol. The third-order valence-electron chi connectivity index (χ3n) is 6.14. The van der Waals surface area contributed by atoms with E-state index in [1.54, 1.807) is 0 Å². The van der Waals surface area contributed by atoms with Crippen molar-refractivity contribution in [3.8, 4) is 0 Å². The van der Waals surface area contributed by atoms with Gasteiger partial charge in [-0.1, -0.05) is 18.6 Å². The van der Waals surface area contributed by atoms with E-state index in [1.165, 1.54) is 12.1 Å². The van der Waals surface area contributed by atoms with Gasteiger partial charge < -0.3 is 10.2 Å². The van der Waals surface area contributed by atoms with E-state index in [2.05, 4.69) is 15.2 Å². The molecule has 6 heteroatoms. The maximum absolute atomic E-state index is 14.3. The highest BCUT2D eigenvalue weighted by Crippen LogP contribution is 2.45. The molecule has 2 aromatic rings. The van der Waals surface area contributed by atoms with E-state index in [9.17, 15) is 13.6 Å². The number of benzene rings is 1. The molecule has 0 radical (unpaired) electrons. The molecule has 1 saturated carbocycles. The van der Waals surface area contributed by atoms with Crippen molar-refractivity contribution in [2.24, 2.45) is 0 Å². The molecule has 1 aromatic heterocycles. The van der Waals surface area contributed by atoms with Gasteiger partial charge in [-0.05, 0) is 50.3 Å². The van der Waals surface area contributed by atoms with Crippen LogP contribution >= 0.6 is 0 Å². The van der Waals surface area contributed by atoms with E-state index >= 15 is 0 Å². The number of carbonyl (C=O) groups excluding carboxylic acids is 1. The number of carbonyl (C=O) groups is 1. The van der Waals surface area contributed by atoms with Crippen molar-refractivity contribution in [2.75, 3.05) is 18.0 Å². The van der Waals surface area contributed by atoms with E-state index < -0.39 is 17.0 Å². The van der Waals surface area contributed by atoms with Crippen molar-refractivity contribution in [1.29, 1.82) is 0 Å². The van der Waals surface area contributed by atoms with E-state index in [0.29, 0.717) is 18.4 Å². The molecular weight excluding hydrogens is 360 g/mol. The fraction of sp³-hybridized carbons (Fsp3) is 0.455. The summed E-state index contributed by atoms with van der Waals surface area (Å²) in [6, 6.07) is 7.67. The number of aryl methyl sites for hydroxylation is 1. The topological polar surface area (TPSA) is 45.2 Å². The number of piperidine rings is 1.